The van der Waals surface area contributed by atoms with Gasteiger partial charge in [-0.2, -0.15) is 11.8 Å². The minimum atomic E-state index is -0.432. The van der Waals surface area contributed by atoms with Gasteiger partial charge in [-0.05, 0) is 25.5 Å². The van der Waals surface area contributed by atoms with E-state index in [9.17, 15) is 5.11 Å². The van der Waals surface area contributed by atoms with Gasteiger partial charge in [0.15, 0.2) is 0 Å². The molecule has 1 N–H and O–H groups in total. The Labute approximate surface area is 107 Å². The highest BCUT2D eigenvalue weighted by molar-refractivity contribution is 7.99. The molecule has 3 nitrogen and oxygen atoms in total. The molecule has 0 bridgehead atoms. The van der Waals surface area contributed by atoms with Crippen LogP contribution >= 0.6 is 11.8 Å². The molecule has 1 fully saturated rings. The molecule has 17 heavy (non-hydrogen) atoms. The van der Waals surface area contributed by atoms with Gasteiger partial charge in [0.05, 0.1) is 23.7 Å². The number of hydrogen-bond donors (Lipinski definition) is 1. The highest BCUT2D eigenvalue weighted by atomic mass is 32.2. The van der Waals surface area contributed by atoms with Crippen LogP contribution in [0.4, 0.5) is 5.69 Å². The standard InChI is InChI=1S/C13H20N2OS/c1-3-13(16)12-5-4-11(8-14-12)15-6-7-17-9-10(15)2/h4-5,8,10,13,16H,3,6-7,9H2,1-2H3. The van der Waals surface area contributed by atoms with Crippen LogP contribution in [0.25, 0.3) is 0 Å². The molecular formula is C13H20N2OS. The van der Waals surface area contributed by atoms with Crippen molar-refractivity contribution in [2.24, 2.45) is 0 Å². The van der Waals surface area contributed by atoms with Crippen molar-refractivity contribution in [2.75, 3.05) is 23.0 Å². The van der Waals surface area contributed by atoms with E-state index in [1.54, 1.807) is 0 Å². The first-order chi connectivity index (χ1) is 8.22. The van der Waals surface area contributed by atoms with Gasteiger partial charge < -0.3 is 10.0 Å². The lowest BCUT2D eigenvalue weighted by Gasteiger charge is -2.34. The van der Waals surface area contributed by atoms with E-state index < -0.39 is 6.10 Å². The molecule has 0 spiro atoms. The van der Waals surface area contributed by atoms with Crippen molar-refractivity contribution in [3.05, 3.63) is 24.0 Å². The SMILES string of the molecule is CCC(O)c1ccc(N2CCSCC2C)cn1. The Bertz CT molecular complexity index is 355. The molecular weight excluding hydrogens is 232 g/mol. The van der Waals surface area contributed by atoms with Crippen LogP contribution in [0.2, 0.25) is 0 Å². The van der Waals surface area contributed by atoms with Gasteiger partial charge >= 0.3 is 0 Å². The molecule has 0 amide bonds. The van der Waals surface area contributed by atoms with Crippen LogP contribution in [-0.4, -0.2) is 34.2 Å². The van der Waals surface area contributed by atoms with Crippen LogP contribution in [0.1, 0.15) is 32.1 Å². The summed E-state index contributed by atoms with van der Waals surface area (Å²) in [4.78, 5) is 6.76. The quantitative estimate of drug-likeness (QED) is 0.896. The van der Waals surface area contributed by atoms with E-state index in [2.05, 4.69) is 22.9 Å². The monoisotopic (exact) mass is 252 g/mol. The van der Waals surface area contributed by atoms with Gasteiger partial charge in [0.1, 0.15) is 0 Å². The molecule has 1 aliphatic heterocycles. The molecule has 4 heteroatoms. The number of aliphatic hydroxyl groups is 1. The summed E-state index contributed by atoms with van der Waals surface area (Å²) in [6.07, 6.45) is 2.17. The second kappa shape index (κ2) is 5.74. The maximum Gasteiger partial charge on any atom is 0.0957 e. The summed E-state index contributed by atoms with van der Waals surface area (Å²) in [6.45, 7) is 5.30. The highest BCUT2D eigenvalue weighted by Crippen LogP contribution is 2.24. The number of anilines is 1. The van der Waals surface area contributed by atoms with Crippen molar-refractivity contribution >= 4 is 17.4 Å². The zero-order valence-corrected chi connectivity index (χ0v) is 11.3. The van der Waals surface area contributed by atoms with Crippen molar-refractivity contribution in [1.82, 2.24) is 4.98 Å². The first-order valence-electron chi connectivity index (χ1n) is 6.20. The Morgan fingerprint density at radius 2 is 2.41 bits per heavy atom. The number of thioether (sulfide) groups is 1. The third-order valence-corrected chi connectivity index (χ3v) is 4.39. The van der Waals surface area contributed by atoms with Crippen LogP contribution in [-0.2, 0) is 0 Å². The summed E-state index contributed by atoms with van der Waals surface area (Å²) in [5.74, 6) is 2.36. The van der Waals surface area contributed by atoms with E-state index in [4.69, 9.17) is 0 Å². The molecule has 1 aromatic rings. The van der Waals surface area contributed by atoms with Gasteiger partial charge in [0.25, 0.3) is 0 Å². The van der Waals surface area contributed by atoms with E-state index in [1.165, 1.54) is 17.2 Å². The summed E-state index contributed by atoms with van der Waals surface area (Å²) in [7, 11) is 0. The molecule has 2 heterocycles. The van der Waals surface area contributed by atoms with E-state index in [0.29, 0.717) is 12.5 Å². The van der Waals surface area contributed by atoms with Crippen molar-refractivity contribution in [3.8, 4) is 0 Å². The lowest BCUT2D eigenvalue weighted by atomic mass is 10.1. The lowest BCUT2D eigenvalue weighted by molar-refractivity contribution is 0.169. The fourth-order valence-corrected chi connectivity index (χ4v) is 3.10. The molecule has 2 atom stereocenters. The maximum absolute atomic E-state index is 9.70. The van der Waals surface area contributed by atoms with Gasteiger partial charge in [-0.15, -0.1) is 0 Å². The zero-order valence-electron chi connectivity index (χ0n) is 10.5. The topological polar surface area (TPSA) is 36.4 Å². The summed E-state index contributed by atoms with van der Waals surface area (Å²) in [6, 6.07) is 4.59. The first-order valence-corrected chi connectivity index (χ1v) is 7.36. The number of aromatic nitrogens is 1. The van der Waals surface area contributed by atoms with Crippen LogP contribution in [0.5, 0.6) is 0 Å². The average Bonchev–Trinajstić information content (AvgIpc) is 2.39. The van der Waals surface area contributed by atoms with Gasteiger partial charge in [-0.3, -0.25) is 4.98 Å². The third-order valence-electron chi connectivity index (χ3n) is 3.20. The van der Waals surface area contributed by atoms with Crippen molar-refractivity contribution in [1.29, 1.82) is 0 Å². The summed E-state index contributed by atoms with van der Waals surface area (Å²) >= 11 is 2.01. The number of hydrogen-bond acceptors (Lipinski definition) is 4. The largest absolute Gasteiger partial charge is 0.387 e. The summed E-state index contributed by atoms with van der Waals surface area (Å²) in [5, 5.41) is 9.70. The molecule has 0 radical (unpaired) electrons. The fourth-order valence-electron chi connectivity index (χ4n) is 2.08. The van der Waals surface area contributed by atoms with Crippen LogP contribution in [0.15, 0.2) is 18.3 Å². The Balaban J connectivity index is 2.11. The second-order valence-electron chi connectivity index (χ2n) is 4.48. The van der Waals surface area contributed by atoms with Gasteiger partial charge in [-0.1, -0.05) is 6.92 Å². The van der Waals surface area contributed by atoms with E-state index >= 15 is 0 Å². The predicted molar refractivity (Wildman–Crippen MR) is 73.6 cm³/mol. The summed E-state index contributed by atoms with van der Waals surface area (Å²) in [5.41, 5.74) is 1.94. The number of aliphatic hydroxyl groups excluding tert-OH is 1. The van der Waals surface area contributed by atoms with E-state index in [-0.39, 0.29) is 0 Å². The van der Waals surface area contributed by atoms with Crippen LogP contribution in [0.3, 0.4) is 0 Å². The van der Waals surface area contributed by atoms with E-state index in [0.717, 1.165) is 12.2 Å². The lowest BCUT2D eigenvalue weighted by Crippen LogP contribution is -2.40. The Morgan fingerprint density at radius 3 is 3.00 bits per heavy atom. The Hall–Kier alpha value is -0.740. The predicted octanol–water partition coefficient (Wildman–Crippen LogP) is 2.47. The minimum absolute atomic E-state index is 0.432. The van der Waals surface area contributed by atoms with Crippen molar-refractivity contribution in [2.45, 2.75) is 32.4 Å². The zero-order chi connectivity index (χ0) is 12.3. The van der Waals surface area contributed by atoms with Crippen molar-refractivity contribution in [3.63, 3.8) is 0 Å². The molecule has 2 unspecified atom stereocenters. The number of nitrogens with zero attached hydrogens (tertiary/aromatic N) is 2. The normalized spacial score (nSPS) is 22.5. The number of pyridine rings is 1. The van der Waals surface area contributed by atoms with Crippen LogP contribution < -0.4 is 4.90 Å². The molecule has 0 saturated carbocycles. The second-order valence-corrected chi connectivity index (χ2v) is 5.63. The number of rotatable bonds is 3. The molecule has 0 aliphatic carbocycles. The molecule has 1 aromatic heterocycles. The van der Waals surface area contributed by atoms with Crippen LogP contribution in [0, 0.1) is 0 Å². The fraction of sp³-hybridized carbons (Fsp3) is 0.615. The molecule has 0 aromatic carbocycles. The maximum atomic E-state index is 9.70. The minimum Gasteiger partial charge on any atom is -0.387 e. The highest BCUT2D eigenvalue weighted by Gasteiger charge is 2.19. The van der Waals surface area contributed by atoms with E-state index in [1.807, 2.05) is 30.9 Å². The Morgan fingerprint density at radius 1 is 1.59 bits per heavy atom. The van der Waals surface area contributed by atoms with Gasteiger partial charge in [0.2, 0.25) is 0 Å². The average molecular weight is 252 g/mol. The van der Waals surface area contributed by atoms with Gasteiger partial charge in [-0.25, -0.2) is 0 Å². The Kier molecular flexibility index (Phi) is 4.29. The smallest absolute Gasteiger partial charge is 0.0957 e. The summed E-state index contributed by atoms with van der Waals surface area (Å²) < 4.78 is 0. The van der Waals surface area contributed by atoms with Gasteiger partial charge in [0, 0.05) is 24.1 Å². The van der Waals surface area contributed by atoms with Crippen molar-refractivity contribution < 1.29 is 5.11 Å². The molecule has 94 valence electrons. The first kappa shape index (κ1) is 12.7. The molecule has 2 rings (SSSR count). The molecule has 1 aliphatic rings. The molecule has 1 saturated heterocycles. The third kappa shape index (κ3) is 2.93.